The Morgan fingerprint density at radius 3 is 2.29 bits per heavy atom. The summed E-state index contributed by atoms with van der Waals surface area (Å²) in [5, 5.41) is 4.24. The van der Waals surface area contributed by atoms with Crippen LogP contribution in [0.3, 0.4) is 0 Å². The zero-order valence-electron chi connectivity index (χ0n) is 10.1. The van der Waals surface area contributed by atoms with Gasteiger partial charge in [-0.15, -0.1) is 11.6 Å². The first-order valence-corrected chi connectivity index (χ1v) is 7.61. The number of aryl methyl sites for hydroxylation is 3. The van der Waals surface area contributed by atoms with E-state index in [1.807, 2.05) is 0 Å². The standard InChI is InChI=1S/C14H14BrClS/c1-8-5-13(15)9(2)4-11(8)14(16)12-7-17-6-10(12)3/h4-7,14H,1-3H3. The molecule has 17 heavy (non-hydrogen) atoms. The fourth-order valence-corrected chi connectivity index (χ4v) is 3.75. The predicted molar refractivity (Wildman–Crippen MR) is 80.4 cm³/mol. The van der Waals surface area contributed by atoms with Crippen LogP contribution in [-0.2, 0) is 0 Å². The van der Waals surface area contributed by atoms with Crippen LogP contribution in [0.5, 0.6) is 0 Å². The number of benzene rings is 1. The topological polar surface area (TPSA) is 0 Å². The molecule has 0 N–H and O–H groups in total. The van der Waals surface area contributed by atoms with Crippen LogP contribution in [0.15, 0.2) is 27.4 Å². The minimum absolute atomic E-state index is 0.0481. The van der Waals surface area contributed by atoms with Crippen LogP contribution in [0.2, 0.25) is 0 Å². The maximum absolute atomic E-state index is 6.60. The number of rotatable bonds is 2. The normalized spacial score (nSPS) is 12.8. The average molecular weight is 330 g/mol. The molecule has 0 spiro atoms. The van der Waals surface area contributed by atoms with Gasteiger partial charge in [0.1, 0.15) is 0 Å². The van der Waals surface area contributed by atoms with Crippen LogP contribution in [0.25, 0.3) is 0 Å². The summed E-state index contributed by atoms with van der Waals surface area (Å²) in [5.74, 6) is 0. The van der Waals surface area contributed by atoms with Gasteiger partial charge in [0, 0.05) is 4.47 Å². The molecule has 0 fully saturated rings. The van der Waals surface area contributed by atoms with Crippen LogP contribution in [0.1, 0.15) is 33.2 Å². The summed E-state index contributed by atoms with van der Waals surface area (Å²) >= 11 is 11.9. The summed E-state index contributed by atoms with van der Waals surface area (Å²) in [6.45, 7) is 6.32. The van der Waals surface area contributed by atoms with E-state index in [4.69, 9.17) is 11.6 Å². The predicted octanol–water partition coefficient (Wildman–Crippen LogP) is 5.76. The Morgan fingerprint density at radius 2 is 1.71 bits per heavy atom. The third-order valence-corrected chi connectivity index (χ3v) is 5.19. The highest BCUT2D eigenvalue weighted by molar-refractivity contribution is 9.10. The number of hydrogen-bond donors (Lipinski definition) is 0. The molecular weight excluding hydrogens is 316 g/mol. The summed E-state index contributed by atoms with van der Waals surface area (Å²) in [7, 11) is 0. The van der Waals surface area contributed by atoms with Gasteiger partial charge in [0.2, 0.25) is 0 Å². The molecular formula is C14H14BrClS. The van der Waals surface area contributed by atoms with Crippen molar-refractivity contribution in [1.29, 1.82) is 0 Å². The Hall–Kier alpha value is -0.310. The quantitative estimate of drug-likeness (QED) is 0.614. The molecule has 2 aromatic rings. The van der Waals surface area contributed by atoms with Crippen LogP contribution in [0.4, 0.5) is 0 Å². The summed E-state index contributed by atoms with van der Waals surface area (Å²) in [6, 6.07) is 4.32. The lowest BCUT2D eigenvalue weighted by Gasteiger charge is -2.15. The molecule has 1 aromatic carbocycles. The van der Waals surface area contributed by atoms with Crippen molar-refractivity contribution in [2.75, 3.05) is 0 Å². The molecule has 0 nitrogen and oxygen atoms in total. The third-order valence-electron chi connectivity index (χ3n) is 2.99. The van der Waals surface area contributed by atoms with Gasteiger partial charge in [-0.05, 0) is 65.4 Å². The molecule has 0 aliphatic heterocycles. The molecule has 3 heteroatoms. The average Bonchev–Trinajstić information content (AvgIpc) is 2.69. The van der Waals surface area contributed by atoms with Gasteiger partial charge < -0.3 is 0 Å². The molecule has 90 valence electrons. The van der Waals surface area contributed by atoms with Crippen LogP contribution in [-0.4, -0.2) is 0 Å². The SMILES string of the molecule is Cc1cc(C(Cl)c2cscc2C)c(C)cc1Br. The highest BCUT2D eigenvalue weighted by atomic mass is 79.9. The van der Waals surface area contributed by atoms with Crippen molar-refractivity contribution in [3.63, 3.8) is 0 Å². The molecule has 1 aromatic heterocycles. The van der Waals surface area contributed by atoms with E-state index < -0.39 is 0 Å². The number of alkyl halides is 1. The van der Waals surface area contributed by atoms with E-state index in [1.54, 1.807) is 11.3 Å². The van der Waals surface area contributed by atoms with Gasteiger partial charge in [-0.1, -0.05) is 22.0 Å². The Kier molecular flexibility index (Phi) is 3.96. The van der Waals surface area contributed by atoms with E-state index in [1.165, 1.54) is 27.8 Å². The second kappa shape index (κ2) is 5.13. The zero-order chi connectivity index (χ0) is 12.6. The van der Waals surface area contributed by atoms with Crippen molar-refractivity contribution in [2.45, 2.75) is 26.1 Å². The number of hydrogen-bond acceptors (Lipinski definition) is 1. The Morgan fingerprint density at radius 1 is 1.00 bits per heavy atom. The third kappa shape index (κ3) is 2.59. The molecule has 0 radical (unpaired) electrons. The first-order valence-electron chi connectivity index (χ1n) is 5.44. The molecule has 0 saturated heterocycles. The monoisotopic (exact) mass is 328 g/mol. The van der Waals surface area contributed by atoms with Gasteiger partial charge in [-0.2, -0.15) is 11.3 Å². The largest absolute Gasteiger partial charge is 0.152 e. The van der Waals surface area contributed by atoms with Gasteiger partial charge in [0.05, 0.1) is 5.38 Å². The zero-order valence-corrected chi connectivity index (χ0v) is 13.2. The van der Waals surface area contributed by atoms with E-state index in [0.29, 0.717) is 0 Å². The van der Waals surface area contributed by atoms with Crippen molar-refractivity contribution in [3.8, 4) is 0 Å². The van der Waals surface area contributed by atoms with Crippen molar-refractivity contribution in [3.05, 3.63) is 55.2 Å². The van der Waals surface area contributed by atoms with Crippen LogP contribution >= 0.6 is 38.9 Å². The highest BCUT2D eigenvalue weighted by Crippen LogP contribution is 2.36. The highest BCUT2D eigenvalue weighted by Gasteiger charge is 2.16. The molecule has 1 unspecified atom stereocenters. The Bertz CT molecular complexity index is 545. The molecule has 1 atom stereocenters. The molecule has 0 amide bonds. The number of thiophene rings is 1. The summed E-state index contributed by atoms with van der Waals surface area (Å²) in [5.41, 5.74) is 6.16. The van der Waals surface area contributed by atoms with Crippen molar-refractivity contribution >= 4 is 38.9 Å². The van der Waals surface area contributed by atoms with E-state index in [9.17, 15) is 0 Å². The van der Waals surface area contributed by atoms with E-state index >= 15 is 0 Å². The lowest BCUT2D eigenvalue weighted by molar-refractivity contribution is 1.09. The fraction of sp³-hybridized carbons (Fsp3) is 0.286. The Labute approximate surface area is 120 Å². The van der Waals surface area contributed by atoms with Gasteiger partial charge in [-0.3, -0.25) is 0 Å². The molecule has 2 rings (SSSR count). The lowest BCUT2D eigenvalue weighted by Crippen LogP contribution is -1.98. The lowest BCUT2D eigenvalue weighted by atomic mass is 9.98. The van der Waals surface area contributed by atoms with Gasteiger partial charge in [0.15, 0.2) is 0 Å². The smallest absolute Gasteiger partial charge is 0.0848 e. The summed E-state index contributed by atoms with van der Waals surface area (Å²) in [4.78, 5) is 0. The van der Waals surface area contributed by atoms with E-state index in [-0.39, 0.29) is 5.38 Å². The summed E-state index contributed by atoms with van der Waals surface area (Å²) < 4.78 is 1.14. The second-order valence-corrected chi connectivity index (χ2v) is 6.37. The summed E-state index contributed by atoms with van der Waals surface area (Å²) in [6.07, 6.45) is 0. The van der Waals surface area contributed by atoms with Crippen molar-refractivity contribution in [2.24, 2.45) is 0 Å². The fourth-order valence-electron chi connectivity index (χ4n) is 1.87. The van der Waals surface area contributed by atoms with Gasteiger partial charge in [0.25, 0.3) is 0 Å². The van der Waals surface area contributed by atoms with Crippen LogP contribution in [0, 0.1) is 20.8 Å². The van der Waals surface area contributed by atoms with Gasteiger partial charge >= 0.3 is 0 Å². The first kappa shape index (κ1) is 13.1. The maximum atomic E-state index is 6.60. The molecule has 0 aliphatic rings. The number of halogens is 2. The maximum Gasteiger partial charge on any atom is 0.0848 e. The first-order chi connectivity index (χ1) is 8.00. The molecule has 1 heterocycles. The van der Waals surface area contributed by atoms with Crippen molar-refractivity contribution < 1.29 is 0 Å². The van der Waals surface area contributed by atoms with Gasteiger partial charge in [-0.25, -0.2) is 0 Å². The molecule has 0 bridgehead atoms. The van der Waals surface area contributed by atoms with E-state index in [2.05, 4.69) is 59.6 Å². The van der Waals surface area contributed by atoms with Crippen LogP contribution < -0.4 is 0 Å². The molecule has 0 aliphatic carbocycles. The molecule has 0 saturated carbocycles. The minimum Gasteiger partial charge on any atom is -0.152 e. The minimum atomic E-state index is -0.0481. The second-order valence-electron chi connectivity index (χ2n) is 4.33. The Balaban J connectivity index is 2.48. The van der Waals surface area contributed by atoms with E-state index in [0.717, 1.165) is 4.47 Å². The van der Waals surface area contributed by atoms with Crippen molar-refractivity contribution in [1.82, 2.24) is 0 Å².